The lowest BCUT2D eigenvalue weighted by Gasteiger charge is -2.34. The van der Waals surface area contributed by atoms with E-state index >= 15 is 0 Å². The molecule has 0 aromatic heterocycles. The monoisotopic (exact) mass is 655 g/mol. The predicted octanol–water partition coefficient (Wildman–Crippen LogP) is 6.12. The van der Waals surface area contributed by atoms with Gasteiger partial charge in [-0.3, -0.25) is 13.9 Å². The summed E-state index contributed by atoms with van der Waals surface area (Å²) in [5.41, 5.74) is 2.10. The molecule has 1 saturated carbocycles. The van der Waals surface area contributed by atoms with Crippen LogP contribution in [0.3, 0.4) is 0 Å². The fourth-order valence-corrected chi connectivity index (χ4v) is 7.27. The molecule has 4 rings (SSSR count). The van der Waals surface area contributed by atoms with E-state index in [1.54, 1.807) is 24.3 Å². The van der Waals surface area contributed by atoms with Gasteiger partial charge >= 0.3 is 0 Å². The molecule has 0 bridgehead atoms. The summed E-state index contributed by atoms with van der Waals surface area (Å²) in [6.07, 6.45) is 5.43. The van der Waals surface area contributed by atoms with Crippen LogP contribution in [-0.4, -0.2) is 58.0 Å². The standard InChI is InChI=1S/C34H42ClN3O6S/c1-5-30(34(40)36-27-12-7-6-8-13-27)37(22-25-11-9-10-24(2)20-25)33(39)23-38(28-16-14-26(35)15-17-28)45(41,42)29-18-19-31(43-3)32(21-29)44-4/h9-11,14-21,27,30H,5-8,12-13,22-23H2,1-4H3,(H,36,40)/t30-/m1/s1. The second-order valence-electron chi connectivity index (χ2n) is 11.3. The molecule has 45 heavy (non-hydrogen) atoms. The number of hydrogen-bond donors (Lipinski definition) is 1. The Labute approximate surface area is 271 Å². The summed E-state index contributed by atoms with van der Waals surface area (Å²) in [5, 5.41) is 3.58. The van der Waals surface area contributed by atoms with E-state index in [9.17, 15) is 18.0 Å². The lowest BCUT2D eigenvalue weighted by Crippen LogP contribution is -2.54. The van der Waals surface area contributed by atoms with Gasteiger partial charge in [0.25, 0.3) is 10.0 Å². The van der Waals surface area contributed by atoms with Gasteiger partial charge in [-0.05, 0) is 68.1 Å². The number of benzene rings is 3. The Bertz CT molecular complexity index is 1570. The minimum Gasteiger partial charge on any atom is -0.493 e. The maximum atomic E-state index is 14.4. The molecule has 0 heterocycles. The highest BCUT2D eigenvalue weighted by Crippen LogP contribution is 2.33. The van der Waals surface area contributed by atoms with Crippen LogP contribution in [0.15, 0.2) is 71.6 Å². The average Bonchev–Trinajstić information content (AvgIpc) is 3.04. The fraction of sp³-hybridized carbons (Fsp3) is 0.412. The summed E-state index contributed by atoms with van der Waals surface area (Å²) in [6, 6.07) is 17.5. The van der Waals surface area contributed by atoms with E-state index < -0.39 is 28.5 Å². The van der Waals surface area contributed by atoms with Gasteiger partial charge in [-0.15, -0.1) is 0 Å². The van der Waals surface area contributed by atoms with E-state index in [0.29, 0.717) is 17.2 Å². The third kappa shape index (κ3) is 8.49. The van der Waals surface area contributed by atoms with Gasteiger partial charge in [0.1, 0.15) is 12.6 Å². The number of rotatable bonds is 13. The van der Waals surface area contributed by atoms with Gasteiger partial charge in [-0.2, -0.15) is 0 Å². The first-order chi connectivity index (χ1) is 21.6. The summed E-state index contributed by atoms with van der Waals surface area (Å²) >= 11 is 6.14. The van der Waals surface area contributed by atoms with Crippen LogP contribution in [0.25, 0.3) is 0 Å². The molecule has 242 valence electrons. The van der Waals surface area contributed by atoms with Crippen molar-refractivity contribution >= 4 is 39.1 Å². The molecule has 9 nitrogen and oxygen atoms in total. The Kier molecular flexibility index (Phi) is 11.7. The Morgan fingerprint density at radius 2 is 1.64 bits per heavy atom. The van der Waals surface area contributed by atoms with E-state index in [-0.39, 0.29) is 34.8 Å². The van der Waals surface area contributed by atoms with Crippen molar-refractivity contribution in [1.82, 2.24) is 10.2 Å². The number of methoxy groups -OCH3 is 2. The maximum absolute atomic E-state index is 14.4. The van der Waals surface area contributed by atoms with Crippen molar-refractivity contribution in [3.8, 4) is 11.5 Å². The zero-order chi connectivity index (χ0) is 32.6. The number of sulfonamides is 1. The summed E-state index contributed by atoms with van der Waals surface area (Å²) in [7, 11) is -1.42. The van der Waals surface area contributed by atoms with E-state index in [4.69, 9.17) is 21.1 Å². The molecular weight excluding hydrogens is 614 g/mol. The van der Waals surface area contributed by atoms with Crippen LogP contribution < -0.4 is 19.1 Å². The Balaban J connectivity index is 1.73. The van der Waals surface area contributed by atoms with E-state index in [2.05, 4.69) is 5.32 Å². The zero-order valence-electron chi connectivity index (χ0n) is 26.3. The number of carbonyl (C=O) groups excluding carboxylic acids is 2. The van der Waals surface area contributed by atoms with E-state index in [1.807, 2.05) is 38.1 Å². The first kappa shape index (κ1) is 34.1. The van der Waals surface area contributed by atoms with Crippen molar-refractivity contribution in [3.63, 3.8) is 0 Å². The fourth-order valence-electron chi connectivity index (χ4n) is 5.71. The molecular formula is C34H42ClN3O6S. The first-order valence-electron chi connectivity index (χ1n) is 15.2. The third-order valence-corrected chi connectivity index (χ3v) is 10.1. The number of amides is 2. The molecule has 3 aromatic carbocycles. The molecule has 0 saturated heterocycles. The third-order valence-electron chi connectivity index (χ3n) is 8.11. The van der Waals surface area contributed by atoms with Gasteiger partial charge in [-0.25, -0.2) is 8.42 Å². The number of ether oxygens (including phenoxy) is 2. The summed E-state index contributed by atoms with van der Waals surface area (Å²) in [6.45, 7) is 3.42. The van der Waals surface area contributed by atoms with E-state index in [0.717, 1.165) is 47.5 Å². The molecule has 0 aliphatic heterocycles. The van der Waals surface area contributed by atoms with Crippen LogP contribution in [0, 0.1) is 6.92 Å². The van der Waals surface area contributed by atoms with Gasteiger partial charge < -0.3 is 19.7 Å². The SMILES string of the molecule is CC[C@H](C(=O)NC1CCCCC1)N(Cc1cccc(C)c1)C(=O)CN(c1ccc(Cl)cc1)S(=O)(=O)c1ccc(OC)c(OC)c1. The quantitative estimate of drug-likeness (QED) is 0.238. The molecule has 3 aromatic rings. The number of hydrogen-bond acceptors (Lipinski definition) is 6. The van der Waals surface area contributed by atoms with Gasteiger partial charge in [-0.1, -0.05) is 67.6 Å². The number of nitrogens with one attached hydrogen (secondary N) is 1. The Hall–Kier alpha value is -3.76. The average molecular weight is 656 g/mol. The van der Waals surface area contributed by atoms with Gasteiger partial charge in [0.2, 0.25) is 11.8 Å². The highest BCUT2D eigenvalue weighted by Gasteiger charge is 2.35. The highest BCUT2D eigenvalue weighted by atomic mass is 35.5. The van der Waals surface area contributed by atoms with Crippen molar-refractivity contribution in [2.45, 2.75) is 75.9 Å². The number of halogens is 1. The smallest absolute Gasteiger partial charge is 0.264 e. The number of anilines is 1. The molecule has 11 heteroatoms. The molecule has 0 radical (unpaired) electrons. The van der Waals surface area contributed by atoms with Crippen LogP contribution in [0.4, 0.5) is 5.69 Å². The number of carbonyl (C=O) groups is 2. The zero-order valence-corrected chi connectivity index (χ0v) is 27.9. The molecule has 1 aliphatic carbocycles. The minimum atomic E-state index is -4.30. The van der Waals surface area contributed by atoms with Crippen LogP contribution >= 0.6 is 11.6 Å². The molecule has 1 N–H and O–H groups in total. The minimum absolute atomic E-state index is 0.0622. The van der Waals surface area contributed by atoms with Crippen LogP contribution in [0.1, 0.15) is 56.6 Å². The predicted molar refractivity (Wildman–Crippen MR) is 176 cm³/mol. The van der Waals surface area contributed by atoms with Crippen molar-refractivity contribution in [1.29, 1.82) is 0 Å². The van der Waals surface area contributed by atoms with Crippen molar-refractivity contribution in [3.05, 3.63) is 82.9 Å². The van der Waals surface area contributed by atoms with Crippen LogP contribution in [0.2, 0.25) is 5.02 Å². The topological polar surface area (TPSA) is 105 Å². The Morgan fingerprint density at radius 1 is 0.956 bits per heavy atom. The second-order valence-corrected chi connectivity index (χ2v) is 13.6. The summed E-state index contributed by atoms with van der Waals surface area (Å²) < 4.78 is 40.2. The molecule has 0 unspecified atom stereocenters. The molecule has 1 atom stereocenters. The normalized spacial score (nSPS) is 14.3. The van der Waals surface area contributed by atoms with Crippen molar-refractivity contribution < 1.29 is 27.5 Å². The summed E-state index contributed by atoms with van der Waals surface area (Å²) in [4.78, 5) is 29.5. The number of nitrogens with zero attached hydrogens (tertiary/aromatic N) is 2. The van der Waals surface area contributed by atoms with Crippen LogP contribution in [0.5, 0.6) is 11.5 Å². The second kappa shape index (κ2) is 15.5. The van der Waals surface area contributed by atoms with Gasteiger partial charge in [0.05, 0.1) is 24.8 Å². The molecule has 0 spiro atoms. The maximum Gasteiger partial charge on any atom is 0.264 e. The summed E-state index contributed by atoms with van der Waals surface area (Å²) in [5.74, 6) is -0.149. The highest BCUT2D eigenvalue weighted by molar-refractivity contribution is 7.92. The van der Waals surface area contributed by atoms with Gasteiger partial charge in [0.15, 0.2) is 11.5 Å². The molecule has 2 amide bonds. The van der Waals surface area contributed by atoms with Crippen LogP contribution in [-0.2, 0) is 26.2 Å². The van der Waals surface area contributed by atoms with E-state index in [1.165, 1.54) is 37.3 Å². The van der Waals surface area contributed by atoms with Crippen molar-refractivity contribution in [2.24, 2.45) is 0 Å². The van der Waals surface area contributed by atoms with Gasteiger partial charge in [0, 0.05) is 23.7 Å². The Morgan fingerprint density at radius 3 is 2.27 bits per heavy atom. The first-order valence-corrected chi connectivity index (χ1v) is 17.0. The largest absolute Gasteiger partial charge is 0.493 e. The lowest BCUT2D eigenvalue weighted by molar-refractivity contribution is -0.140. The molecule has 1 fully saturated rings. The molecule has 1 aliphatic rings. The van der Waals surface area contributed by atoms with Crippen molar-refractivity contribution in [2.75, 3.05) is 25.1 Å². The number of aryl methyl sites for hydroxylation is 1. The lowest BCUT2D eigenvalue weighted by atomic mass is 9.95.